The Morgan fingerprint density at radius 2 is 1.93 bits per heavy atom. The van der Waals surface area contributed by atoms with Crippen molar-refractivity contribution in [2.75, 3.05) is 11.9 Å². The van der Waals surface area contributed by atoms with Crippen LogP contribution < -0.4 is 10.6 Å². The van der Waals surface area contributed by atoms with Crippen LogP contribution in [0.1, 0.15) is 30.0 Å². The topological polar surface area (TPSA) is 78.5 Å². The average molecular weight is 442 g/mol. The quantitative estimate of drug-likeness (QED) is 0.714. The highest BCUT2D eigenvalue weighted by atomic mass is 79.9. The molecular formula is C21H20BrN3O3. The first-order chi connectivity index (χ1) is 13.4. The van der Waals surface area contributed by atoms with E-state index in [0.29, 0.717) is 5.69 Å². The maximum Gasteiger partial charge on any atom is 0.325 e. The van der Waals surface area contributed by atoms with Gasteiger partial charge in [0.2, 0.25) is 5.91 Å². The molecule has 2 aromatic carbocycles. The number of imide groups is 1. The van der Waals surface area contributed by atoms with Crippen molar-refractivity contribution in [3.63, 3.8) is 0 Å². The number of anilines is 1. The molecule has 1 aliphatic carbocycles. The third-order valence-electron chi connectivity index (χ3n) is 5.40. The molecule has 1 saturated heterocycles. The second kappa shape index (κ2) is 7.05. The molecule has 0 aromatic heterocycles. The molecule has 1 heterocycles. The van der Waals surface area contributed by atoms with Crippen molar-refractivity contribution in [1.29, 1.82) is 0 Å². The number of nitrogens with zero attached hydrogens (tertiary/aromatic N) is 1. The number of carbonyl (C=O) groups is 3. The van der Waals surface area contributed by atoms with E-state index in [2.05, 4.69) is 26.6 Å². The van der Waals surface area contributed by atoms with Crippen LogP contribution in [0.4, 0.5) is 10.5 Å². The lowest BCUT2D eigenvalue weighted by Crippen LogP contribution is -2.42. The van der Waals surface area contributed by atoms with Crippen LogP contribution in [0.15, 0.2) is 46.9 Å². The smallest absolute Gasteiger partial charge is 0.324 e. The Bertz CT molecular complexity index is 991. The zero-order valence-corrected chi connectivity index (χ0v) is 17.0. The van der Waals surface area contributed by atoms with E-state index in [-0.39, 0.29) is 6.54 Å². The van der Waals surface area contributed by atoms with E-state index in [1.807, 2.05) is 24.3 Å². The minimum absolute atomic E-state index is 0.341. The van der Waals surface area contributed by atoms with Crippen molar-refractivity contribution in [3.8, 4) is 0 Å². The molecule has 0 saturated carbocycles. The van der Waals surface area contributed by atoms with Crippen molar-refractivity contribution >= 4 is 39.5 Å². The summed E-state index contributed by atoms with van der Waals surface area (Å²) in [5.41, 5.74) is 2.70. The molecule has 28 heavy (non-hydrogen) atoms. The molecule has 1 aliphatic heterocycles. The molecule has 7 heteroatoms. The van der Waals surface area contributed by atoms with Crippen molar-refractivity contribution in [2.24, 2.45) is 0 Å². The van der Waals surface area contributed by atoms with Crippen LogP contribution in [0.2, 0.25) is 0 Å². The van der Waals surface area contributed by atoms with E-state index < -0.39 is 23.4 Å². The number of urea groups is 1. The number of benzene rings is 2. The van der Waals surface area contributed by atoms with Crippen LogP contribution in [0.5, 0.6) is 0 Å². The van der Waals surface area contributed by atoms with Gasteiger partial charge in [-0.1, -0.05) is 30.3 Å². The minimum atomic E-state index is -1.16. The summed E-state index contributed by atoms with van der Waals surface area (Å²) in [5, 5.41) is 5.49. The first kappa shape index (κ1) is 18.7. The number of carbonyl (C=O) groups excluding carboxylic acids is 3. The normalized spacial score (nSPS) is 20.9. The fourth-order valence-electron chi connectivity index (χ4n) is 3.81. The molecule has 1 unspecified atom stereocenters. The van der Waals surface area contributed by atoms with Crippen molar-refractivity contribution < 1.29 is 14.4 Å². The Kier molecular flexibility index (Phi) is 4.71. The lowest BCUT2D eigenvalue weighted by Gasteiger charge is -2.23. The van der Waals surface area contributed by atoms with Gasteiger partial charge in [0.05, 0.1) is 5.69 Å². The average Bonchev–Trinajstić information content (AvgIpc) is 3.22. The van der Waals surface area contributed by atoms with Crippen molar-refractivity contribution in [2.45, 2.75) is 31.7 Å². The zero-order valence-electron chi connectivity index (χ0n) is 15.4. The second-order valence-corrected chi connectivity index (χ2v) is 8.17. The van der Waals surface area contributed by atoms with Crippen molar-refractivity contribution in [1.82, 2.24) is 10.2 Å². The fraction of sp³-hybridized carbons (Fsp3) is 0.286. The largest absolute Gasteiger partial charge is 0.325 e. The second-order valence-electron chi connectivity index (χ2n) is 7.31. The third-order valence-corrected chi connectivity index (χ3v) is 6.09. The Morgan fingerprint density at radius 1 is 1.18 bits per heavy atom. The van der Waals surface area contributed by atoms with Crippen LogP contribution in [0, 0.1) is 0 Å². The van der Waals surface area contributed by atoms with Crippen LogP contribution in [-0.2, 0) is 28.0 Å². The fourth-order valence-corrected chi connectivity index (χ4v) is 4.20. The lowest BCUT2D eigenvalue weighted by atomic mass is 9.89. The van der Waals surface area contributed by atoms with Crippen LogP contribution >= 0.6 is 15.9 Å². The number of hydrogen-bond acceptors (Lipinski definition) is 3. The molecule has 1 fully saturated rings. The molecule has 0 spiro atoms. The number of halogens is 1. The lowest BCUT2D eigenvalue weighted by molar-refractivity contribution is -0.133. The van der Waals surface area contributed by atoms with Gasteiger partial charge in [-0.05, 0) is 70.9 Å². The molecule has 0 radical (unpaired) electrons. The van der Waals surface area contributed by atoms with E-state index in [1.165, 1.54) is 11.1 Å². The molecule has 4 amide bonds. The van der Waals surface area contributed by atoms with Gasteiger partial charge in [-0.15, -0.1) is 0 Å². The molecular weight excluding hydrogens is 422 g/mol. The molecule has 1 atom stereocenters. The Labute approximate surface area is 171 Å². The van der Waals surface area contributed by atoms with Crippen LogP contribution in [-0.4, -0.2) is 29.3 Å². The summed E-state index contributed by atoms with van der Waals surface area (Å²) in [6.07, 6.45) is 3.14. The number of rotatable bonds is 4. The van der Waals surface area contributed by atoms with Gasteiger partial charge < -0.3 is 10.6 Å². The summed E-state index contributed by atoms with van der Waals surface area (Å²) in [6, 6.07) is 12.5. The molecule has 144 valence electrons. The van der Waals surface area contributed by atoms with Gasteiger partial charge in [0.25, 0.3) is 5.91 Å². The predicted octanol–water partition coefficient (Wildman–Crippen LogP) is 3.34. The first-order valence-electron chi connectivity index (χ1n) is 9.19. The van der Waals surface area contributed by atoms with E-state index in [9.17, 15) is 14.4 Å². The molecule has 0 bridgehead atoms. The van der Waals surface area contributed by atoms with Crippen LogP contribution in [0.25, 0.3) is 0 Å². The van der Waals surface area contributed by atoms with E-state index in [1.54, 1.807) is 25.1 Å². The highest BCUT2D eigenvalue weighted by molar-refractivity contribution is 9.10. The summed E-state index contributed by atoms with van der Waals surface area (Å²) in [5.74, 6) is -0.855. The summed E-state index contributed by atoms with van der Waals surface area (Å²) in [6.45, 7) is 1.35. The van der Waals surface area contributed by atoms with Crippen LogP contribution in [0.3, 0.4) is 0 Å². The van der Waals surface area contributed by atoms with Gasteiger partial charge in [0, 0.05) is 4.47 Å². The minimum Gasteiger partial charge on any atom is -0.324 e. The highest BCUT2D eigenvalue weighted by Crippen LogP contribution is 2.32. The monoisotopic (exact) mass is 441 g/mol. The molecule has 2 aliphatic rings. The molecule has 6 nitrogen and oxygen atoms in total. The zero-order chi connectivity index (χ0) is 19.9. The van der Waals surface area contributed by atoms with Gasteiger partial charge >= 0.3 is 6.03 Å². The number of fused-ring (bicyclic) bond motifs is 1. The number of nitrogens with one attached hydrogen (secondary N) is 2. The van der Waals surface area contributed by atoms with E-state index in [0.717, 1.165) is 34.2 Å². The van der Waals surface area contributed by atoms with E-state index >= 15 is 0 Å². The summed E-state index contributed by atoms with van der Waals surface area (Å²) in [4.78, 5) is 38.9. The van der Waals surface area contributed by atoms with Gasteiger partial charge in [-0.3, -0.25) is 14.5 Å². The SMILES string of the molecule is CC1(c2ccc3c(c2)CCC3)NC(=O)N(CC(=O)Nc2ccccc2Br)C1=O. The standard InChI is InChI=1S/C21H20BrN3O3/c1-21(15-10-9-13-5-4-6-14(13)11-15)19(27)25(20(28)24-21)12-18(26)23-17-8-3-2-7-16(17)22/h2-3,7-11H,4-6,12H2,1H3,(H,23,26)(H,24,28). The number of amides is 4. The van der Waals surface area contributed by atoms with Gasteiger partial charge in [0.1, 0.15) is 12.1 Å². The predicted molar refractivity (Wildman–Crippen MR) is 109 cm³/mol. The molecule has 2 aromatic rings. The number of para-hydroxylation sites is 1. The number of hydrogen-bond donors (Lipinski definition) is 2. The van der Waals surface area contributed by atoms with Gasteiger partial charge in [-0.2, -0.15) is 0 Å². The Balaban J connectivity index is 1.52. The maximum absolute atomic E-state index is 13.0. The summed E-state index contributed by atoms with van der Waals surface area (Å²) < 4.78 is 0.725. The van der Waals surface area contributed by atoms with Gasteiger partial charge in [-0.25, -0.2) is 4.79 Å². The summed E-state index contributed by atoms with van der Waals surface area (Å²) >= 11 is 3.36. The molecule has 2 N–H and O–H groups in total. The third kappa shape index (κ3) is 3.20. The Morgan fingerprint density at radius 3 is 2.71 bits per heavy atom. The van der Waals surface area contributed by atoms with Crippen molar-refractivity contribution in [3.05, 3.63) is 63.6 Å². The summed E-state index contributed by atoms with van der Waals surface area (Å²) in [7, 11) is 0. The van der Waals surface area contributed by atoms with E-state index in [4.69, 9.17) is 0 Å². The maximum atomic E-state index is 13.0. The highest BCUT2D eigenvalue weighted by Gasteiger charge is 2.49. The molecule has 4 rings (SSSR count). The number of aryl methyl sites for hydroxylation is 2. The Hall–Kier alpha value is -2.67. The first-order valence-corrected chi connectivity index (χ1v) is 9.98. The van der Waals surface area contributed by atoms with Gasteiger partial charge in [0.15, 0.2) is 0 Å².